The van der Waals surface area contributed by atoms with Crippen molar-refractivity contribution in [2.75, 3.05) is 0 Å². The highest BCUT2D eigenvalue weighted by Crippen LogP contribution is 2.59. The number of ether oxygens (including phenoxy) is 2. The zero-order chi connectivity index (χ0) is 21.9. The predicted molar refractivity (Wildman–Crippen MR) is 108 cm³/mol. The summed E-state index contributed by atoms with van der Waals surface area (Å²) in [5.74, 6) is -1.56. The molecule has 0 heterocycles. The number of hydrogen-bond donors (Lipinski definition) is 0. The van der Waals surface area contributed by atoms with E-state index in [-0.39, 0.29) is 11.7 Å². The fourth-order valence-electron chi connectivity index (χ4n) is 3.40. The molecule has 0 radical (unpaired) electrons. The second kappa shape index (κ2) is 8.68. The minimum Gasteiger partial charge on any atom is -0.454 e. The molecule has 1 aliphatic carbocycles. The lowest BCUT2D eigenvalue weighted by molar-refractivity contribution is -0.149. The molecule has 7 heteroatoms. The summed E-state index contributed by atoms with van der Waals surface area (Å²) in [5.41, 5.74) is -0.135. The molecule has 2 aromatic carbocycles. The lowest BCUT2D eigenvalue weighted by atomic mass is 10.1. The summed E-state index contributed by atoms with van der Waals surface area (Å²) < 4.78 is 25.1. The Morgan fingerprint density at radius 2 is 1.93 bits per heavy atom. The Kier molecular flexibility index (Phi) is 6.23. The number of benzene rings is 2. The largest absolute Gasteiger partial charge is 0.454 e. The van der Waals surface area contributed by atoms with Crippen molar-refractivity contribution < 1.29 is 23.5 Å². The number of halogens is 2. The van der Waals surface area contributed by atoms with Gasteiger partial charge >= 0.3 is 5.97 Å². The molecule has 0 aromatic heterocycles. The quantitative estimate of drug-likeness (QED) is 0.339. The SMILES string of the molecule is CC1(C)[C@H](C(=O)O[C@H](C#N)c2ccc(F)c(Oc3ccccc3)c2)[C@@H]1C=CC(=O)Cl. The van der Waals surface area contributed by atoms with Crippen molar-refractivity contribution in [3.63, 3.8) is 0 Å². The lowest BCUT2D eigenvalue weighted by Crippen LogP contribution is -2.14. The van der Waals surface area contributed by atoms with Crippen LogP contribution in [0, 0.1) is 34.4 Å². The maximum absolute atomic E-state index is 14.2. The number of para-hydroxylation sites is 1. The Morgan fingerprint density at radius 1 is 1.23 bits per heavy atom. The standard InChI is InChI=1S/C23H19ClFNO4/c1-23(2)16(9-11-20(24)27)21(23)22(28)30-19(13-26)14-8-10-17(25)18(12-14)29-15-6-4-3-5-7-15/h3-12,16,19,21H,1-2H3/t16-,19+,21-/m0/s1. The summed E-state index contributed by atoms with van der Waals surface area (Å²) in [7, 11) is 0. The first-order chi connectivity index (χ1) is 14.2. The van der Waals surface area contributed by atoms with Crippen molar-refractivity contribution in [3.8, 4) is 17.6 Å². The maximum Gasteiger partial charge on any atom is 0.311 e. The predicted octanol–water partition coefficient (Wildman–Crippen LogP) is 5.32. The van der Waals surface area contributed by atoms with E-state index in [9.17, 15) is 19.2 Å². The average molecular weight is 428 g/mol. The van der Waals surface area contributed by atoms with Crippen LogP contribution >= 0.6 is 11.6 Å². The number of carbonyl (C=O) groups excluding carboxylic acids is 2. The Morgan fingerprint density at radius 3 is 2.57 bits per heavy atom. The van der Waals surface area contributed by atoms with Crippen molar-refractivity contribution in [2.45, 2.75) is 20.0 Å². The van der Waals surface area contributed by atoms with Crippen LogP contribution in [-0.4, -0.2) is 11.2 Å². The van der Waals surface area contributed by atoms with Crippen LogP contribution in [0.3, 0.4) is 0 Å². The van der Waals surface area contributed by atoms with E-state index in [2.05, 4.69) is 0 Å². The minimum atomic E-state index is -1.23. The van der Waals surface area contributed by atoms with Crippen LogP contribution in [-0.2, 0) is 14.3 Å². The van der Waals surface area contributed by atoms with Gasteiger partial charge in [0.15, 0.2) is 11.6 Å². The Balaban J connectivity index is 1.75. The first-order valence-corrected chi connectivity index (χ1v) is 9.62. The molecule has 5 nitrogen and oxygen atoms in total. The molecular weight excluding hydrogens is 409 g/mol. The third-order valence-corrected chi connectivity index (χ3v) is 5.31. The molecule has 3 atom stereocenters. The minimum absolute atomic E-state index is 0.0804. The number of esters is 1. The first kappa shape index (κ1) is 21.5. The summed E-state index contributed by atoms with van der Waals surface area (Å²) in [6.07, 6.45) is 1.55. The average Bonchev–Trinajstić information content (AvgIpc) is 3.27. The van der Waals surface area contributed by atoms with Gasteiger partial charge in [0, 0.05) is 5.56 Å². The van der Waals surface area contributed by atoms with Gasteiger partial charge in [0.1, 0.15) is 11.8 Å². The fraction of sp³-hybridized carbons (Fsp3) is 0.261. The molecule has 0 N–H and O–H groups in total. The van der Waals surface area contributed by atoms with Crippen LogP contribution in [0.2, 0.25) is 0 Å². The third-order valence-electron chi connectivity index (χ3n) is 5.18. The molecule has 1 fully saturated rings. The normalized spacial score (nSPS) is 20.2. The number of nitrogens with zero attached hydrogens (tertiary/aromatic N) is 1. The van der Waals surface area contributed by atoms with Gasteiger partial charge in [-0.1, -0.05) is 44.2 Å². The number of nitriles is 1. The van der Waals surface area contributed by atoms with E-state index in [0.717, 1.165) is 6.07 Å². The van der Waals surface area contributed by atoms with Crippen molar-refractivity contribution in [2.24, 2.45) is 17.3 Å². The number of allylic oxidation sites excluding steroid dienone is 2. The molecule has 0 amide bonds. The zero-order valence-electron chi connectivity index (χ0n) is 16.3. The van der Waals surface area contributed by atoms with Gasteiger partial charge < -0.3 is 9.47 Å². The van der Waals surface area contributed by atoms with Gasteiger partial charge in [0.25, 0.3) is 0 Å². The third kappa shape index (κ3) is 4.69. The molecule has 0 saturated heterocycles. The van der Waals surface area contributed by atoms with E-state index < -0.39 is 34.5 Å². The van der Waals surface area contributed by atoms with Gasteiger partial charge in [-0.05, 0) is 53.3 Å². The van der Waals surface area contributed by atoms with Gasteiger partial charge in [0.05, 0.1) is 5.92 Å². The monoisotopic (exact) mass is 427 g/mol. The van der Waals surface area contributed by atoms with Crippen molar-refractivity contribution in [3.05, 3.63) is 72.1 Å². The molecule has 0 unspecified atom stereocenters. The van der Waals surface area contributed by atoms with Crippen LogP contribution in [0.5, 0.6) is 11.5 Å². The highest BCUT2D eigenvalue weighted by Gasteiger charge is 2.61. The molecule has 30 heavy (non-hydrogen) atoms. The van der Waals surface area contributed by atoms with Crippen LogP contribution in [0.4, 0.5) is 4.39 Å². The van der Waals surface area contributed by atoms with E-state index in [1.54, 1.807) is 36.4 Å². The summed E-state index contributed by atoms with van der Waals surface area (Å²) in [5, 5.41) is 8.89. The molecular formula is C23H19ClFNO4. The molecule has 0 spiro atoms. The summed E-state index contributed by atoms with van der Waals surface area (Å²) in [6.45, 7) is 3.72. The molecule has 3 rings (SSSR count). The van der Waals surface area contributed by atoms with E-state index in [1.165, 1.54) is 18.2 Å². The highest BCUT2D eigenvalue weighted by atomic mass is 35.5. The number of rotatable bonds is 7. The Bertz CT molecular complexity index is 1030. The summed E-state index contributed by atoms with van der Waals surface area (Å²) >= 11 is 5.32. The van der Waals surface area contributed by atoms with Crippen LogP contribution < -0.4 is 4.74 Å². The lowest BCUT2D eigenvalue weighted by Gasteiger charge is -2.14. The molecule has 0 bridgehead atoms. The van der Waals surface area contributed by atoms with Gasteiger partial charge in [-0.15, -0.1) is 0 Å². The maximum atomic E-state index is 14.2. The van der Waals surface area contributed by atoms with E-state index in [0.29, 0.717) is 11.3 Å². The molecule has 1 saturated carbocycles. The molecule has 154 valence electrons. The van der Waals surface area contributed by atoms with E-state index >= 15 is 0 Å². The van der Waals surface area contributed by atoms with Crippen LogP contribution in [0.25, 0.3) is 0 Å². The van der Waals surface area contributed by atoms with Crippen LogP contribution in [0.15, 0.2) is 60.7 Å². The van der Waals surface area contributed by atoms with Gasteiger partial charge in [-0.25, -0.2) is 4.39 Å². The number of carbonyl (C=O) groups is 2. The van der Waals surface area contributed by atoms with Gasteiger partial charge in [-0.2, -0.15) is 5.26 Å². The molecule has 1 aliphatic rings. The van der Waals surface area contributed by atoms with E-state index in [4.69, 9.17) is 21.1 Å². The van der Waals surface area contributed by atoms with Crippen molar-refractivity contribution in [1.29, 1.82) is 5.26 Å². The van der Waals surface area contributed by atoms with Crippen LogP contribution in [0.1, 0.15) is 25.5 Å². The van der Waals surface area contributed by atoms with Crippen molar-refractivity contribution >= 4 is 22.8 Å². The first-order valence-electron chi connectivity index (χ1n) is 9.24. The molecule has 0 aliphatic heterocycles. The zero-order valence-corrected chi connectivity index (χ0v) is 17.1. The van der Waals surface area contributed by atoms with E-state index in [1.807, 2.05) is 19.9 Å². The smallest absolute Gasteiger partial charge is 0.311 e. The fourth-order valence-corrected chi connectivity index (χ4v) is 3.47. The second-order valence-corrected chi connectivity index (χ2v) is 7.91. The Hall–Kier alpha value is -3.17. The van der Waals surface area contributed by atoms with Gasteiger partial charge in [-0.3, -0.25) is 9.59 Å². The topological polar surface area (TPSA) is 76.4 Å². The number of hydrogen-bond acceptors (Lipinski definition) is 5. The second-order valence-electron chi connectivity index (χ2n) is 7.54. The van der Waals surface area contributed by atoms with Crippen molar-refractivity contribution in [1.82, 2.24) is 0 Å². The van der Waals surface area contributed by atoms with Gasteiger partial charge in [0.2, 0.25) is 11.3 Å². The molecule has 2 aromatic rings. The highest BCUT2D eigenvalue weighted by molar-refractivity contribution is 6.66. The summed E-state index contributed by atoms with van der Waals surface area (Å²) in [4.78, 5) is 23.6. The Labute approximate surface area is 178 Å². The summed E-state index contributed by atoms with van der Waals surface area (Å²) in [6, 6.07) is 14.4.